The van der Waals surface area contributed by atoms with Crippen LogP contribution in [-0.2, 0) is 6.54 Å². The Bertz CT molecular complexity index is 726. The number of hydrogen-bond donors (Lipinski definition) is 1. The monoisotopic (exact) mass is 346 g/mol. The summed E-state index contributed by atoms with van der Waals surface area (Å²) in [5.41, 5.74) is 2.76. The Balaban J connectivity index is 1.70. The van der Waals surface area contributed by atoms with E-state index in [1.54, 1.807) is 17.1 Å². The number of nitrogens with zero attached hydrogens (tertiary/aromatic N) is 3. The number of nitrogens with one attached hydrogen (secondary N) is 1. The van der Waals surface area contributed by atoms with Crippen LogP contribution in [0.2, 0.25) is 0 Å². The molecule has 106 valence electrons. The summed E-state index contributed by atoms with van der Waals surface area (Å²) in [7, 11) is 0. The van der Waals surface area contributed by atoms with Gasteiger partial charge in [-0.05, 0) is 48.0 Å². The molecule has 0 radical (unpaired) electrons. The Kier molecular flexibility index (Phi) is 3.96. The van der Waals surface area contributed by atoms with Gasteiger partial charge in [-0.3, -0.25) is 0 Å². The van der Waals surface area contributed by atoms with E-state index in [9.17, 15) is 4.39 Å². The quantitative estimate of drug-likeness (QED) is 0.781. The third-order valence-corrected chi connectivity index (χ3v) is 3.81. The summed E-state index contributed by atoms with van der Waals surface area (Å²) in [6.45, 7) is 0.543. The van der Waals surface area contributed by atoms with Crippen LogP contribution in [0.3, 0.4) is 0 Å². The highest BCUT2D eigenvalue weighted by Gasteiger charge is 2.02. The Morgan fingerprint density at radius 2 is 1.95 bits per heavy atom. The third kappa shape index (κ3) is 3.28. The van der Waals surface area contributed by atoms with Gasteiger partial charge >= 0.3 is 0 Å². The molecule has 1 N–H and O–H groups in total. The Morgan fingerprint density at radius 3 is 2.67 bits per heavy atom. The molecule has 0 spiro atoms. The number of anilines is 1. The van der Waals surface area contributed by atoms with E-state index in [1.165, 1.54) is 18.5 Å². The lowest BCUT2D eigenvalue weighted by Gasteiger charge is -2.09. The maximum absolute atomic E-state index is 13.2. The molecule has 2 aromatic carbocycles. The van der Waals surface area contributed by atoms with E-state index in [0.717, 1.165) is 21.4 Å². The summed E-state index contributed by atoms with van der Waals surface area (Å²) in [5.74, 6) is -0.239. The van der Waals surface area contributed by atoms with E-state index >= 15 is 0 Å². The molecule has 0 saturated carbocycles. The zero-order chi connectivity index (χ0) is 14.7. The normalized spacial score (nSPS) is 10.6. The summed E-state index contributed by atoms with van der Waals surface area (Å²) in [6, 6.07) is 12.4. The van der Waals surface area contributed by atoms with Crippen molar-refractivity contribution in [3.8, 4) is 5.69 Å². The molecule has 0 amide bonds. The van der Waals surface area contributed by atoms with Gasteiger partial charge in [-0.1, -0.05) is 15.9 Å². The predicted molar refractivity (Wildman–Crippen MR) is 82.8 cm³/mol. The second-order valence-electron chi connectivity index (χ2n) is 4.48. The first-order chi connectivity index (χ1) is 10.2. The smallest absolute Gasteiger partial charge is 0.138 e. The van der Waals surface area contributed by atoms with Crippen LogP contribution in [0.1, 0.15) is 5.56 Å². The highest BCUT2D eigenvalue weighted by molar-refractivity contribution is 9.10. The van der Waals surface area contributed by atoms with Gasteiger partial charge in [-0.2, -0.15) is 5.10 Å². The largest absolute Gasteiger partial charge is 0.381 e. The predicted octanol–water partition coefficient (Wildman–Crippen LogP) is 3.78. The molecule has 0 atom stereocenters. The molecule has 6 heteroatoms. The van der Waals surface area contributed by atoms with E-state index < -0.39 is 0 Å². The van der Waals surface area contributed by atoms with E-state index in [0.29, 0.717) is 6.54 Å². The molecule has 3 aromatic rings. The van der Waals surface area contributed by atoms with Crippen LogP contribution >= 0.6 is 15.9 Å². The van der Waals surface area contributed by atoms with Crippen LogP contribution in [0.15, 0.2) is 59.6 Å². The van der Waals surface area contributed by atoms with Crippen molar-refractivity contribution < 1.29 is 4.39 Å². The first kappa shape index (κ1) is 13.8. The van der Waals surface area contributed by atoms with Crippen molar-refractivity contribution in [2.24, 2.45) is 0 Å². The van der Waals surface area contributed by atoms with E-state index in [4.69, 9.17) is 0 Å². The topological polar surface area (TPSA) is 42.7 Å². The van der Waals surface area contributed by atoms with Gasteiger partial charge in [-0.15, -0.1) is 0 Å². The van der Waals surface area contributed by atoms with Crippen LogP contribution in [-0.4, -0.2) is 14.8 Å². The summed E-state index contributed by atoms with van der Waals surface area (Å²) >= 11 is 3.42. The number of aromatic nitrogens is 3. The van der Waals surface area contributed by atoms with Crippen molar-refractivity contribution in [1.29, 1.82) is 0 Å². The Hall–Kier alpha value is -2.21. The molecular weight excluding hydrogens is 335 g/mol. The fourth-order valence-corrected chi connectivity index (χ4v) is 2.34. The standard InChI is InChI=1S/C15H12BrFN4/c16-15-6-1-12(17)7-11(15)8-19-13-2-4-14(5-3-13)21-10-18-9-20-21/h1-7,9-10,19H,8H2. The van der Waals surface area contributed by atoms with Gasteiger partial charge in [0, 0.05) is 16.7 Å². The van der Waals surface area contributed by atoms with E-state index in [-0.39, 0.29) is 5.82 Å². The summed E-state index contributed by atoms with van der Waals surface area (Å²) in [4.78, 5) is 3.91. The van der Waals surface area contributed by atoms with E-state index in [2.05, 4.69) is 31.3 Å². The molecule has 1 aromatic heterocycles. The van der Waals surface area contributed by atoms with Crippen molar-refractivity contribution >= 4 is 21.6 Å². The number of rotatable bonds is 4. The second-order valence-corrected chi connectivity index (χ2v) is 5.33. The minimum Gasteiger partial charge on any atom is -0.381 e. The van der Waals surface area contributed by atoms with Gasteiger partial charge < -0.3 is 5.32 Å². The van der Waals surface area contributed by atoms with Crippen molar-refractivity contribution in [3.63, 3.8) is 0 Å². The fraction of sp³-hybridized carbons (Fsp3) is 0.0667. The lowest BCUT2D eigenvalue weighted by atomic mass is 10.2. The maximum Gasteiger partial charge on any atom is 0.138 e. The summed E-state index contributed by atoms with van der Waals surface area (Å²) in [6.07, 6.45) is 3.14. The maximum atomic E-state index is 13.2. The molecule has 3 rings (SSSR count). The zero-order valence-corrected chi connectivity index (χ0v) is 12.6. The molecule has 4 nitrogen and oxygen atoms in total. The molecular formula is C15H12BrFN4. The average Bonchev–Trinajstić information content (AvgIpc) is 3.03. The van der Waals surface area contributed by atoms with Gasteiger partial charge in [0.15, 0.2) is 0 Å². The van der Waals surface area contributed by atoms with Crippen molar-refractivity contribution in [2.75, 3.05) is 5.32 Å². The lowest BCUT2D eigenvalue weighted by Crippen LogP contribution is -2.01. The second kappa shape index (κ2) is 6.05. The highest BCUT2D eigenvalue weighted by Crippen LogP contribution is 2.20. The van der Waals surface area contributed by atoms with Crippen LogP contribution < -0.4 is 5.32 Å². The molecule has 0 bridgehead atoms. The minimum absolute atomic E-state index is 0.239. The van der Waals surface area contributed by atoms with Gasteiger partial charge in [-0.25, -0.2) is 14.1 Å². The van der Waals surface area contributed by atoms with Crippen LogP contribution in [0.5, 0.6) is 0 Å². The van der Waals surface area contributed by atoms with Crippen molar-refractivity contribution in [3.05, 3.63) is 71.0 Å². The zero-order valence-electron chi connectivity index (χ0n) is 11.0. The molecule has 0 aliphatic rings. The molecule has 0 aliphatic carbocycles. The number of benzene rings is 2. The van der Waals surface area contributed by atoms with Gasteiger partial charge in [0.05, 0.1) is 5.69 Å². The molecule has 0 saturated heterocycles. The highest BCUT2D eigenvalue weighted by atomic mass is 79.9. The van der Waals surface area contributed by atoms with Crippen molar-refractivity contribution in [1.82, 2.24) is 14.8 Å². The molecule has 0 unspecified atom stereocenters. The molecule has 0 aliphatic heterocycles. The van der Waals surface area contributed by atoms with Crippen LogP contribution in [0, 0.1) is 5.82 Å². The van der Waals surface area contributed by atoms with Gasteiger partial charge in [0.1, 0.15) is 18.5 Å². The summed E-state index contributed by atoms with van der Waals surface area (Å²) in [5, 5.41) is 7.33. The SMILES string of the molecule is Fc1ccc(Br)c(CNc2ccc(-n3cncn3)cc2)c1. The van der Waals surface area contributed by atoms with Crippen molar-refractivity contribution in [2.45, 2.75) is 6.54 Å². The molecule has 0 fully saturated rings. The summed E-state index contributed by atoms with van der Waals surface area (Å²) < 4.78 is 15.8. The molecule has 1 heterocycles. The van der Waals surface area contributed by atoms with Crippen LogP contribution in [0.4, 0.5) is 10.1 Å². The Labute approximate surface area is 129 Å². The van der Waals surface area contributed by atoms with E-state index in [1.807, 2.05) is 24.3 Å². The average molecular weight is 347 g/mol. The first-order valence-corrected chi connectivity index (χ1v) is 7.14. The number of halogens is 2. The minimum atomic E-state index is -0.239. The first-order valence-electron chi connectivity index (χ1n) is 6.35. The van der Waals surface area contributed by atoms with Crippen LogP contribution in [0.25, 0.3) is 5.69 Å². The van der Waals surface area contributed by atoms with Gasteiger partial charge in [0.2, 0.25) is 0 Å². The Morgan fingerprint density at radius 1 is 1.14 bits per heavy atom. The lowest BCUT2D eigenvalue weighted by molar-refractivity contribution is 0.625. The number of hydrogen-bond acceptors (Lipinski definition) is 3. The fourth-order valence-electron chi connectivity index (χ4n) is 1.95. The molecule has 21 heavy (non-hydrogen) atoms. The van der Waals surface area contributed by atoms with Gasteiger partial charge in [0.25, 0.3) is 0 Å². The third-order valence-electron chi connectivity index (χ3n) is 3.04.